The maximum atomic E-state index is 3.69. The van der Waals surface area contributed by atoms with Gasteiger partial charge < -0.3 is 5.32 Å². The van der Waals surface area contributed by atoms with Crippen molar-refractivity contribution in [1.82, 2.24) is 10.2 Å². The molecule has 0 aromatic heterocycles. The van der Waals surface area contributed by atoms with Gasteiger partial charge in [0, 0.05) is 18.1 Å². The molecule has 0 amide bonds. The largest absolute Gasteiger partial charge is 0.310 e. The van der Waals surface area contributed by atoms with Crippen LogP contribution in [0.1, 0.15) is 47.5 Å². The van der Waals surface area contributed by atoms with Crippen LogP contribution < -0.4 is 5.32 Å². The minimum atomic E-state index is 0.319. The summed E-state index contributed by atoms with van der Waals surface area (Å²) in [6.07, 6.45) is 2.50. The van der Waals surface area contributed by atoms with E-state index in [0.29, 0.717) is 11.6 Å². The highest BCUT2D eigenvalue weighted by molar-refractivity contribution is 4.89. The van der Waals surface area contributed by atoms with Crippen LogP contribution in [0.25, 0.3) is 0 Å². The van der Waals surface area contributed by atoms with E-state index in [4.69, 9.17) is 0 Å². The lowest BCUT2D eigenvalue weighted by Crippen LogP contribution is -2.51. The molecule has 0 aliphatic carbocycles. The SMILES string of the molecule is CCC1(C)CN(C(C)C(C)C)CCCN1. The van der Waals surface area contributed by atoms with Crippen LogP contribution in [-0.4, -0.2) is 36.1 Å². The van der Waals surface area contributed by atoms with Crippen LogP contribution in [0, 0.1) is 5.92 Å². The van der Waals surface area contributed by atoms with Crippen molar-refractivity contribution < 1.29 is 0 Å². The average Bonchev–Trinajstić information content (AvgIpc) is 2.40. The van der Waals surface area contributed by atoms with E-state index in [0.717, 1.165) is 5.92 Å². The van der Waals surface area contributed by atoms with Gasteiger partial charge in [-0.1, -0.05) is 20.8 Å². The molecule has 15 heavy (non-hydrogen) atoms. The van der Waals surface area contributed by atoms with Gasteiger partial charge in [0.1, 0.15) is 0 Å². The molecular formula is C13H28N2. The summed E-state index contributed by atoms with van der Waals surface area (Å²) in [4.78, 5) is 2.66. The molecule has 1 saturated heterocycles. The summed E-state index contributed by atoms with van der Waals surface area (Å²) >= 11 is 0. The molecule has 1 rings (SSSR count). The lowest BCUT2D eigenvalue weighted by molar-refractivity contribution is 0.139. The van der Waals surface area contributed by atoms with Crippen molar-refractivity contribution in [2.45, 2.75) is 59.0 Å². The standard InChI is InChI=1S/C13H28N2/c1-6-13(5)10-15(9-7-8-14-13)12(4)11(2)3/h11-12,14H,6-10H2,1-5H3. The lowest BCUT2D eigenvalue weighted by atomic mass is 9.96. The predicted molar refractivity (Wildman–Crippen MR) is 67.2 cm³/mol. The highest BCUT2D eigenvalue weighted by Gasteiger charge is 2.29. The van der Waals surface area contributed by atoms with Crippen molar-refractivity contribution in [3.8, 4) is 0 Å². The Bertz CT molecular complexity index is 191. The van der Waals surface area contributed by atoms with Gasteiger partial charge in [-0.15, -0.1) is 0 Å². The molecule has 0 saturated carbocycles. The Morgan fingerprint density at radius 1 is 1.33 bits per heavy atom. The van der Waals surface area contributed by atoms with Crippen LogP contribution >= 0.6 is 0 Å². The zero-order valence-electron chi connectivity index (χ0n) is 11.1. The third-order valence-corrected chi connectivity index (χ3v) is 4.05. The Labute approximate surface area is 95.4 Å². The Hall–Kier alpha value is -0.0800. The van der Waals surface area contributed by atoms with Gasteiger partial charge in [0.25, 0.3) is 0 Å². The maximum absolute atomic E-state index is 3.69. The van der Waals surface area contributed by atoms with Gasteiger partial charge in [-0.25, -0.2) is 0 Å². The minimum absolute atomic E-state index is 0.319. The Morgan fingerprint density at radius 2 is 2.00 bits per heavy atom. The Morgan fingerprint density at radius 3 is 2.53 bits per heavy atom. The molecule has 1 heterocycles. The summed E-state index contributed by atoms with van der Waals surface area (Å²) in [5, 5.41) is 3.69. The molecule has 1 fully saturated rings. The fraction of sp³-hybridized carbons (Fsp3) is 1.00. The van der Waals surface area contributed by atoms with Crippen molar-refractivity contribution in [3.05, 3.63) is 0 Å². The normalized spacial score (nSPS) is 31.6. The second-order valence-electron chi connectivity index (χ2n) is 5.65. The quantitative estimate of drug-likeness (QED) is 0.773. The van der Waals surface area contributed by atoms with Gasteiger partial charge in [-0.3, -0.25) is 4.90 Å². The molecule has 0 bridgehead atoms. The summed E-state index contributed by atoms with van der Waals surface area (Å²) in [5.74, 6) is 0.754. The molecule has 1 aliphatic heterocycles. The van der Waals surface area contributed by atoms with Gasteiger partial charge in [-0.2, -0.15) is 0 Å². The number of hydrogen-bond donors (Lipinski definition) is 1. The summed E-state index contributed by atoms with van der Waals surface area (Å²) in [5.41, 5.74) is 0.319. The number of nitrogens with one attached hydrogen (secondary N) is 1. The van der Waals surface area contributed by atoms with E-state index in [-0.39, 0.29) is 0 Å². The Kier molecular flexibility index (Phi) is 4.60. The first-order chi connectivity index (χ1) is 6.98. The van der Waals surface area contributed by atoms with Crippen LogP contribution in [0.4, 0.5) is 0 Å². The van der Waals surface area contributed by atoms with E-state index in [2.05, 4.69) is 44.8 Å². The molecular weight excluding hydrogens is 184 g/mol. The first-order valence-electron chi connectivity index (χ1n) is 6.47. The number of nitrogens with zero attached hydrogens (tertiary/aromatic N) is 1. The molecule has 0 aromatic carbocycles. The summed E-state index contributed by atoms with van der Waals surface area (Å²) < 4.78 is 0. The first kappa shape index (κ1) is 13.0. The van der Waals surface area contributed by atoms with E-state index >= 15 is 0 Å². The zero-order chi connectivity index (χ0) is 11.5. The van der Waals surface area contributed by atoms with E-state index < -0.39 is 0 Å². The summed E-state index contributed by atoms with van der Waals surface area (Å²) in [7, 11) is 0. The zero-order valence-corrected chi connectivity index (χ0v) is 11.1. The highest BCUT2D eigenvalue weighted by atomic mass is 15.2. The second kappa shape index (κ2) is 5.31. The van der Waals surface area contributed by atoms with Gasteiger partial charge in [0.05, 0.1) is 0 Å². The fourth-order valence-corrected chi connectivity index (χ4v) is 2.26. The summed E-state index contributed by atoms with van der Waals surface area (Å²) in [6, 6.07) is 0.704. The molecule has 1 N–H and O–H groups in total. The average molecular weight is 212 g/mol. The molecule has 2 atom stereocenters. The monoisotopic (exact) mass is 212 g/mol. The van der Waals surface area contributed by atoms with E-state index in [1.165, 1.54) is 32.5 Å². The van der Waals surface area contributed by atoms with E-state index in [9.17, 15) is 0 Å². The molecule has 0 radical (unpaired) electrons. The molecule has 2 unspecified atom stereocenters. The second-order valence-corrected chi connectivity index (χ2v) is 5.65. The smallest absolute Gasteiger partial charge is 0.0277 e. The minimum Gasteiger partial charge on any atom is -0.310 e. The van der Waals surface area contributed by atoms with Crippen molar-refractivity contribution in [2.24, 2.45) is 5.92 Å². The van der Waals surface area contributed by atoms with Crippen molar-refractivity contribution in [2.75, 3.05) is 19.6 Å². The number of rotatable bonds is 3. The Balaban J connectivity index is 2.64. The first-order valence-corrected chi connectivity index (χ1v) is 6.47. The van der Waals surface area contributed by atoms with Crippen LogP contribution in [0.3, 0.4) is 0 Å². The predicted octanol–water partition coefficient (Wildman–Crippen LogP) is 2.49. The third-order valence-electron chi connectivity index (χ3n) is 4.05. The molecule has 0 spiro atoms. The van der Waals surface area contributed by atoms with Crippen molar-refractivity contribution in [1.29, 1.82) is 0 Å². The molecule has 2 nitrogen and oxygen atoms in total. The highest BCUT2D eigenvalue weighted by Crippen LogP contribution is 2.19. The van der Waals surface area contributed by atoms with E-state index in [1.54, 1.807) is 0 Å². The van der Waals surface area contributed by atoms with E-state index in [1.807, 2.05) is 0 Å². The third kappa shape index (κ3) is 3.46. The molecule has 90 valence electrons. The van der Waals surface area contributed by atoms with Crippen LogP contribution in [0.2, 0.25) is 0 Å². The van der Waals surface area contributed by atoms with Crippen LogP contribution in [0.5, 0.6) is 0 Å². The van der Waals surface area contributed by atoms with Crippen molar-refractivity contribution in [3.63, 3.8) is 0 Å². The topological polar surface area (TPSA) is 15.3 Å². The van der Waals surface area contributed by atoms with Gasteiger partial charge in [0.15, 0.2) is 0 Å². The van der Waals surface area contributed by atoms with Gasteiger partial charge in [-0.05, 0) is 45.7 Å². The number of hydrogen-bond acceptors (Lipinski definition) is 2. The molecule has 1 aliphatic rings. The molecule has 2 heteroatoms. The fourth-order valence-electron chi connectivity index (χ4n) is 2.26. The van der Waals surface area contributed by atoms with Crippen LogP contribution in [0.15, 0.2) is 0 Å². The van der Waals surface area contributed by atoms with Crippen molar-refractivity contribution >= 4 is 0 Å². The van der Waals surface area contributed by atoms with Gasteiger partial charge in [0.2, 0.25) is 0 Å². The maximum Gasteiger partial charge on any atom is 0.0277 e. The summed E-state index contributed by atoms with van der Waals surface area (Å²) in [6.45, 7) is 15.3. The van der Waals surface area contributed by atoms with Gasteiger partial charge >= 0.3 is 0 Å². The lowest BCUT2D eigenvalue weighted by Gasteiger charge is -2.37. The van der Waals surface area contributed by atoms with Crippen LogP contribution in [-0.2, 0) is 0 Å². The molecule has 0 aromatic rings.